The predicted molar refractivity (Wildman–Crippen MR) is 147 cm³/mol. The number of aryl methyl sites for hydroxylation is 2. The fourth-order valence-corrected chi connectivity index (χ4v) is 6.54. The van der Waals surface area contributed by atoms with Gasteiger partial charge in [0.1, 0.15) is 17.4 Å². The molecule has 0 fully saturated rings. The van der Waals surface area contributed by atoms with Crippen molar-refractivity contribution in [2.45, 2.75) is 71.2 Å². The molecule has 0 radical (unpaired) electrons. The molecule has 0 saturated heterocycles. The molecular formula is C26H31ClN4O4S2. The topological polar surface area (TPSA) is 95.3 Å². The zero-order valence-corrected chi connectivity index (χ0v) is 23.7. The Balaban J connectivity index is 1.42. The van der Waals surface area contributed by atoms with Crippen LogP contribution in [0.1, 0.15) is 65.3 Å². The van der Waals surface area contributed by atoms with Gasteiger partial charge in [-0.2, -0.15) is 0 Å². The number of ether oxygens (including phenoxy) is 2. The number of thioether (sulfide) groups is 1. The molecule has 0 bridgehead atoms. The Morgan fingerprint density at radius 3 is 2.78 bits per heavy atom. The van der Waals surface area contributed by atoms with Crippen molar-refractivity contribution in [2.75, 3.05) is 17.7 Å². The molecule has 0 aliphatic heterocycles. The number of nitrogens with one attached hydrogen (secondary N) is 1. The molecule has 2 aromatic heterocycles. The summed E-state index contributed by atoms with van der Waals surface area (Å²) in [5.74, 6) is 0.797. The van der Waals surface area contributed by atoms with Crippen LogP contribution in [-0.4, -0.2) is 39.0 Å². The molecule has 1 aliphatic rings. The van der Waals surface area contributed by atoms with Crippen LogP contribution in [-0.2, 0) is 35.5 Å². The number of hydrogen-bond acceptors (Lipinski definition) is 8. The first-order valence-corrected chi connectivity index (χ1v) is 14.6. The summed E-state index contributed by atoms with van der Waals surface area (Å²) >= 11 is 9.03. The van der Waals surface area contributed by atoms with Gasteiger partial charge in [0, 0.05) is 11.4 Å². The van der Waals surface area contributed by atoms with Crippen LogP contribution in [0.4, 0.5) is 5.00 Å². The number of benzene rings is 1. The van der Waals surface area contributed by atoms with Crippen molar-refractivity contribution in [2.24, 2.45) is 0 Å². The molecule has 1 N–H and O–H groups in total. The Labute approximate surface area is 230 Å². The van der Waals surface area contributed by atoms with E-state index in [-0.39, 0.29) is 24.2 Å². The van der Waals surface area contributed by atoms with E-state index in [0.29, 0.717) is 45.5 Å². The summed E-state index contributed by atoms with van der Waals surface area (Å²) < 4.78 is 13.1. The van der Waals surface area contributed by atoms with Gasteiger partial charge < -0.3 is 19.4 Å². The van der Waals surface area contributed by atoms with Gasteiger partial charge in [0.25, 0.3) is 0 Å². The number of esters is 1. The zero-order chi connectivity index (χ0) is 26.4. The molecule has 37 heavy (non-hydrogen) atoms. The van der Waals surface area contributed by atoms with Crippen LogP contribution in [0.3, 0.4) is 0 Å². The minimum Gasteiger partial charge on any atom is -0.484 e. The van der Waals surface area contributed by atoms with Crippen molar-refractivity contribution >= 4 is 51.6 Å². The molecule has 1 amide bonds. The standard InChI is InChI=1S/C26H31ClN4O4S2/c1-4-31-21(14-35-19-13-16(3)11-12-18(19)27)29-30-26(31)36-15-22(32)28-24-23(25(33)34-5-2)17-9-7-6-8-10-20(17)37-24/h11-13H,4-10,14-15H2,1-3H3,(H,28,32). The van der Waals surface area contributed by atoms with E-state index in [1.54, 1.807) is 13.0 Å². The van der Waals surface area contributed by atoms with Crippen LogP contribution >= 0.6 is 34.7 Å². The molecule has 198 valence electrons. The van der Waals surface area contributed by atoms with Crippen LogP contribution in [0.2, 0.25) is 5.02 Å². The van der Waals surface area contributed by atoms with Gasteiger partial charge in [-0.3, -0.25) is 4.79 Å². The van der Waals surface area contributed by atoms with E-state index in [4.69, 9.17) is 21.1 Å². The molecule has 0 saturated carbocycles. The van der Waals surface area contributed by atoms with E-state index in [9.17, 15) is 9.59 Å². The highest BCUT2D eigenvalue weighted by molar-refractivity contribution is 7.99. The molecule has 0 unspecified atom stereocenters. The number of aromatic nitrogens is 3. The van der Waals surface area contributed by atoms with Crippen molar-refractivity contribution < 1.29 is 19.1 Å². The largest absolute Gasteiger partial charge is 0.484 e. The number of nitrogens with zero attached hydrogens (tertiary/aromatic N) is 3. The highest BCUT2D eigenvalue weighted by Gasteiger charge is 2.27. The second kappa shape index (κ2) is 12.8. The third-order valence-corrected chi connectivity index (χ3v) is 8.53. The first-order valence-electron chi connectivity index (χ1n) is 12.5. The molecule has 8 nitrogen and oxygen atoms in total. The molecule has 1 aromatic carbocycles. The number of anilines is 1. The summed E-state index contributed by atoms with van der Waals surface area (Å²) in [7, 11) is 0. The first kappa shape index (κ1) is 27.5. The fourth-order valence-electron chi connectivity index (χ4n) is 4.26. The van der Waals surface area contributed by atoms with Crippen molar-refractivity contribution in [1.82, 2.24) is 14.8 Å². The van der Waals surface area contributed by atoms with Gasteiger partial charge in [-0.15, -0.1) is 21.5 Å². The molecule has 1 aliphatic carbocycles. The third-order valence-electron chi connectivity index (χ3n) is 6.04. The van der Waals surface area contributed by atoms with E-state index in [0.717, 1.165) is 43.2 Å². The third kappa shape index (κ3) is 6.66. The second-order valence-electron chi connectivity index (χ2n) is 8.69. The Morgan fingerprint density at radius 2 is 2.00 bits per heavy atom. The van der Waals surface area contributed by atoms with Crippen molar-refractivity contribution in [1.29, 1.82) is 0 Å². The van der Waals surface area contributed by atoms with E-state index < -0.39 is 0 Å². The van der Waals surface area contributed by atoms with E-state index in [2.05, 4.69) is 15.5 Å². The summed E-state index contributed by atoms with van der Waals surface area (Å²) in [5, 5.41) is 13.2. The number of hydrogen-bond donors (Lipinski definition) is 1. The molecular weight excluding hydrogens is 532 g/mol. The van der Waals surface area contributed by atoms with E-state index >= 15 is 0 Å². The lowest BCUT2D eigenvalue weighted by Gasteiger charge is -2.11. The molecule has 3 aromatic rings. The summed E-state index contributed by atoms with van der Waals surface area (Å²) in [6.07, 6.45) is 5.03. The second-order valence-corrected chi connectivity index (χ2v) is 11.1. The van der Waals surface area contributed by atoms with Gasteiger partial charge in [0.05, 0.1) is 22.9 Å². The smallest absolute Gasteiger partial charge is 0.341 e. The van der Waals surface area contributed by atoms with Crippen LogP contribution < -0.4 is 10.1 Å². The maximum atomic E-state index is 12.9. The monoisotopic (exact) mass is 562 g/mol. The van der Waals surface area contributed by atoms with Gasteiger partial charge in [-0.1, -0.05) is 35.9 Å². The van der Waals surface area contributed by atoms with Crippen LogP contribution in [0, 0.1) is 6.92 Å². The lowest BCUT2D eigenvalue weighted by molar-refractivity contribution is -0.113. The zero-order valence-electron chi connectivity index (χ0n) is 21.3. The van der Waals surface area contributed by atoms with Gasteiger partial charge in [0.2, 0.25) is 5.91 Å². The van der Waals surface area contributed by atoms with Crippen molar-refractivity contribution in [3.8, 4) is 5.75 Å². The van der Waals surface area contributed by atoms with E-state index in [1.165, 1.54) is 28.0 Å². The Bertz CT molecular complexity index is 1270. The molecule has 11 heteroatoms. The number of amides is 1. The summed E-state index contributed by atoms with van der Waals surface area (Å²) in [5.41, 5.74) is 2.60. The van der Waals surface area contributed by atoms with Gasteiger partial charge in [-0.05, 0) is 69.7 Å². The number of rotatable bonds is 10. The maximum absolute atomic E-state index is 12.9. The van der Waals surface area contributed by atoms with Gasteiger partial charge >= 0.3 is 5.97 Å². The first-order chi connectivity index (χ1) is 17.9. The molecule has 4 rings (SSSR count). The normalized spacial score (nSPS) is 13.1. The number of halogens is 1. The number of fused-ring (bicyclic) bond motifs is 1. The highest BCUT2D eigenvalue weighted by atomic mass is 35.5. The highest BCUT2D eigenvalue weighted by Crippen LogP contribution is 2.38. The van der Waals surface area contributed by atoms with Crippen molar-refractivity contribution in [3.05, 3.63) is 50.6 Å². The molecule has 0 spiro atoms. The molecule has 0 atom stereocenters. The summed E-state index contributed by atoms with van der Waals surface area (Å²) in [6.45, 7) is 6.88. The average Bonchev–Trinajstić information content (AvgIpc) is 3.35. The van der Waals surface area contributed by atoms with Crippen LogP contribution in [0.25, 0.3) is 0 Å². The fraction of sp³-hybridized carbons (Fsp3) is 0.462. The van der Waals surface area contributed by atoms with E-state index in [1.807, 2.05) is 30.5 Å². The Kier molecular flexibility index (Phi) is 9.50. The van der Waals surface area contributed by atoms with Crippen LogP contribution in [0.15, 0.2) is 23.4 Å². The average molecular weight is 563 g/mol. The predicted octanol–water partition coefficient (Wildman–Crippen LogP) is 6.08. The SMILES string of the molecule is CCOC(=O)c1c(NC(=O)CSc2nnc(COc3cc(C)ccc3Cl)n2CC)sc2c1CCCCC2. The lowest BCUT2D eigenvalue weighted by Crippen LogP contribution is -2.17. The molecule has 2 heterocycles. The Hall–Kier alpha value is -2.56. The maximum Gasteiger partial charge on any atom is 0.341 e. The number of thiophene rings is 1. The van der Waals surface area contributed by atoms with Gasteiger partial charge in [0.15, 0.2) is 11.0 Å². The minimum atomic E-state index is -0.367. The lowest BCUT2D eigenvalue weighted by atomic mass is 10.1. The number of carbonyl (C=O) groups is 2. The van der Waals surface area contributed by atoms with Gasteiger partial charge in [-0.25, -0.2) is 4.79 Å². The quantitative estimate of drug-likeness (QED) is 0.182. The Morgan fingerprint density at radius 1 is 1.19 bits per heavy atom. The minimum absolute atomic E-state index is 0.132. The summed E-state index contributed by atoms with van der Waals surface area (Å²) in [4.78, 5) is 26.8. The van der Waals surface area contributed by atoms with Crippen LogP contribution in [0.5, 0.6) is 5.75 Å². The van der Waals surface area contributed by atoms with Crippen molar-refractivity contribution in [3.63, 3.8) is 0 Å². The number of carbonyl (C=O) groups excluding carboxylic acids is 2. The summed E-state index contributed by atoms with van der Waals surface area (Å²) in [6, 6.07) is 5.60.